The number of aromatic nitrogens is 1. The van der Waals surface area contributed by atoms with Crippen LogP contribution in [0.4, 0.5) is 0 Å². The first-order valence-electron chi connectivity index (χ1n) is 19.0. The van der Waals surface area contributed by atoms with Crippen molar-refractivity contribution in [2.24, 2.45) is 0 Å². The molecule has 1 amide bonds. The van der Waals surface area contributed by atoms with Gasteiger partial charge in [-0.15, -0.1) is 0 Å². The molecule has 0 aliphatic carbocycles. The lowest BCUT2D eigenvalue weighted by atomic mass is 9.86. The summed E-state index contributed by atoms with van der Waals surface area (Å²) in [6.07, 6.45) is 0.968. The number of aromatic hydroxyl groups is 1. The van der Waals surface area contributed by atoms with Crippen molar-refractivity contribution in [3.05, 3.63) is 140 Å². The maximum Gasteiger partial charge on any atom is 0.348 e. The fraction of sp³-hybridized carbons (Fsp3) is 0.341. The first-order valence-corrected chi connectivity index (χ1v) is 19.0. The average molecular weight is 763 g/mol. The zero-order valence-corrected chi connectivity index (χ0v) is 32.0. The number of aliphatic hydroxyl groups excluding tert-OH is 1. The molecule has 1 aliphatic heterocycles. The van der Waals surface area contributed by atoms with Crippen LogP contribution < -0.4 is 20.9 Å². The lowest BCUT2D eigenvalue weighted by molar-refractivity contribution is -0.170. The summed E-state index contributed by atoms with van der Waals surface area (Å²) in [5, 5.41) is 39.9. The number of benzene rings is 4. The number of esters is 1. The Morgan fingerprint density at radius 3 is 2.55 bits per heavy atom. The highest BCUT2D eigenvalue weighted by Crippen LogP contribution is 2.34. The van der Waals surface area contributed by atoms with E-state index in [1.807, 2.05) is 39.1 Å². The number of aromatic amines is 1. The Balaban J connectivity index is 1.00. The number of rotatable bonds is 15. The maximum atomic E-state index is 13.7. The van der Waals surface area contributed by atoms with Crippen LogP contribution in [-0.4, -0.2) is 83.0 Å². The largest absolute Gasteiger partial charge is 0.506 e. The van der Waals surface area contributed by atoms with E-state index in [-0.39, 0.29) is 35.4 Å². The lowest BCUT2D eigenvalue weighted by Gasteiger charge is -2.33. The van der Waals surface area contributed by atoms with E-state index in [0.29, 0.717) is 66.1 Å². The van der Waals surface area contributed by atoms with Gasteiger partial charge in [-0.1, -0.05) is 54.6 Å². The summed E-state index contributed by atoms with van der Waals surface area (Å²) in [7, 11) is 1.99. The average Bonchev–Trinajstić information content (AvgIpc) is 3.19. The van der Waals surface area contributed by atoms with Crippen LogP contribution in [0.1, 0.15) is 69.1 Å². The molecule has 1 saturated heterocycles. The van der Waals surface area contributed by atoms with Gasteiger partial charge in [0.2, 0.25) is 11.2 Å². The van der Waals surface area contributed by atoms with Crippen LogP contribution in [0.25, 0.3) is 10.9 Å². The summed E-state index contributed by atoms with van der Waals surface area (Å²) < 4.78 is 11.9. The van der Waals surface area contributed by atoms with Gasteiger partial charge in [-0.05, 0) is 105 Å². The minimum absolute atomic E-state index is 0.0653. The molecule has 4 aromatic carbocycles. The zero-order valence-electron chi connectivity index (χ0n) is 32.0. The Morgan fingerprint density at radius 1 is 0.982 bits per heavy atom. The van der Waals surface area contributed by atoms with Gasteiger partial charge in [-0.25, -0.2) is 4.79 Å². The fourth-order valence-electron chi connectivity index (χ4n) is 7.22. The van der Waals surface area contributed by atoms with E-state index >= 15 is 0 Å². The number of aliphatic hydroxyl groups is 2. The van der Waals surface area contributed by atoms with Gasteiger partial charge in [-0.3, -0.25) is 9.59 Å². The van der Waals surface area contributed by atoms with Crippen LogP contribution in [0.3, 0.4) is 0 Å². The quantitative estimate of drug-likeness (QED) is 0.0646. The van der Waals surface area contributed by atoms with E-state index in [1.165, 1.54) is 12.1 Å². The molecule has 1 aromatic heterocycles. The first kappa shape index (κ1) is 40.1. The van der Waals surface area contributed by atoms with E-state index in [9.17, 15) is 29.7 Å². The summed E-state index contributed by atoms with van der Waals surface area (Å²) in [6, 6.07) is 25.5. The number of likely N-dealkylation sites (tertiary alicyclic amines) is 1. The molecule has 12 heteroatoms. The molecule has 0 unspecified atom stereocenters. The Hall–Kier alpha value is -5.53. The molecule has 294 valence electrons. The van der Waals surface area contributed by atoms with Crippen molar-refractivity contribution < 1.29 is 34.4 Å². The van der Waals surface area contributed by atoms with Crippen molar-refractivity contribution in [2.45, 2.75) is 57.5 Å². The fourth-order valence-corrected chi connectivity index (χ4v) is 7.22. The van der Waals surface area contributed by atoms with Gasteiger partial charge in [0, 0.05) is 48.8 Å². The number of nitrogens with zero attached hydrogens (tertiary/aromatic N) is 1. The van der Waals surface area contributed by atoms with E-state index in [2.05, 4.69) is 20.5 Å². The summed E-state index contributed by atoms with van der Waals surface area (Å²) in [6.45, 7) is 6.71. The van der Waals surface area contributed by atoms with Crippen LogP contribution >= 0.6 is 0 Å². The highest BCUT2D eigenvalue weighted by molar-refractivity contribution is 5.96. The zero-order chi connectivity index (χ0) is 39.8. The third kappa shape index (κ3) is 9.28. The molecule has 12 nitrogen and oxygen atoms in total. The van der Waals surface area contributed by atoms with E-state index in [1.54, 1.807) is 60.7 Å². The molecule has 0 spiro atoms. The first-order chi connectivity index (χ1) is 26.9. The monoisotopic (exact) mass is 762 g/mol. The molecule has 6 rings (SSSR count). The number of likely N-dealkylation sites (N-methyl/N-ethyl adjacent to an activating group) is 1. The van der Waals surface area contributed by atoms with Gasteiger partial charge in [0.15, 0.2) is 0 Å². The number of phenolic OH excluding ortho intramolecular Hbond substituents is 1. The number of H-pyrrole nitrogens is 1. The van der Waals surface area contributed by atoms with E-state index < -0.39 is 17.7 Å². The van der Waals surface area contributed by atoms with Gasteiger partial charge in [0.25, 0.3) is 5.91 Å². The molecule has 5 aromatic rings. The van der Waals surface area contributed by atoms with Gasteiger partial charge < -0.3 is 45.3 Å². The Labute approximate surface area is 326 Å². The maximum absolute atomic E-state index is 13.7. The summed E-state index contributed by atoms with van der Waals surface area (Å²) in [5.41, 5.74) is 2.52. The molecular formula is C44H50N4O8. The molecule has 1 fully saturated rings. The number of pyridine rings is 1. The topological polar surface area (TPSA) is 173 Å². The number of hydrogen-bond acceptors (Lipinski definition) is 10. The van der Waals surface area contributed by atoms with Gasteiger partial charge in [0.05, 0.1) is 18.2 Å². The summed E-state index contributed by atoms with van der Waals surface area (Å²) >= 11 is 0. The van der Waals surface area contributed by atoms with Crippen LogP contribution in [-0.2, 0) is 21.7 Å². The number of fused-ring (bicyclic) bond motifs is 1. The minimum Gasteiger partial charge on any atom is -0.506 e. The molecule has 2 heterocycles. The van der Waals surface area contributed by atoms with Gasteiger partial charge in [-0.2, -0.15) is 0 Å². The highest BCUT2D eigenvalue weighted by atomic mass is 16.6. The predicted octanol–water partition coefficient (Wildman–Crippen LogP) is 4.75. The Bertz CT molecular complexity index is 2220. The van der Waals surface area contributed by atoms with Gasteiger partial charge >= 0.3 is 5.97 Å². The number of aryl methyl sites for hydroxylation is 2. The summed E-state index contributed by atoms with van der Waals surface area (Å²) in [5.74, 6) is -0.512. The second kappa shape index (κ2) is 17.9. The number of amides is 1. The number of carbonyl (C=O) groups is 2. The Kier molecular flexibility index (Phi) is 12.9. The molecule has 1 aliphatic rings. The predicted molar refractivity (Wildman–Crippen MR) is 214 cm³/mol. The number of nitrogens with one attached hydrogen (secondary N) is 3. The van der Waals surface area contributed by atoms with Crippen LogP contribution in [0.2, 0.25) is 0 Å². The standard InChI is InChI=1S/C44H50N4O8/c1-28-23-37(29(2)22-30(28)25-45-26-39(50)35-15-17-38(49)41-36(35)16-18-40(51)47-41)42(52)46-19-9-21-55-33-13-7-12-32(24-33)44(54,31-10-5-4-6-11-31)43(53)56-34-14-8-20-48(3)27-34/h4-7,10-13,15-18,22-24,34,39,45,49-50,54H,8-9,14,19-21,25-27H2,1-3H3,(H,46,52)(H,47,51)/t34-,39+,44+/m1/s1. The van der Waals surface area contributed by atoms with Crippen molar-refractivity contribution in [1.29, 1.82) is 0 Å². The smallest absolute Gasteiger partial charge is 0.348 e. The van der Waals surface area contributed by atoms with Crippen molar-refractivity contribution in [2.75, 3.05) is 39.8 Å². The number of ether oxygens (including phenoxy) is 2. The van der Waals surface area contributed by atoms with Crippen LogP contribution in [0, 0.1) is 13.8 Å². The highest BCUT2D eigenvalue weighted by Gasteiger charge is 2.43. The molecule has 0 bridgehead atoms. The third-order valence-electron chi connectivity index (χ3n) is 10.3. The number of carbonyl (C=O) groups excluding carboxylic acids is 2. The molecule has 56 heavy (non-hydrogen) atoms. The SMILES string of the molecule is Cc1cc(C(=O)NCCCOc2cccc([C@](O)(C(=O)O[C@@H]3CCCN(C)C3)c3ccccc3)c2)c(C)cc1CNC[C@H](O)c1ccc(O)c2[nH]c(=O)ccc12. The van der Waals surface area contributed by atoms with Crippen LogP contribution in [0.5, 0.6) is 11.5 Å². The summed E-state index contributed by atoms with van der Waals surface area (Å²) in [4.78, 5) is 43.3. The van der Waals surface area contributed by atoms with Crippen molar-refractivity contribution >= 4 is 22.8 Å². The molecule has 6 N–H and O–H groups in total. The lowest BCUT2D eigenvalue weighted by Crippen LogP contribution is -2.44. The van der Waals surface area contributed by atoms with Crippen molar-refractivity contribution in [3.63, 3.8) is 0 Å². The molecule has 0 saturated carbocycles. The van der Waals surface area contributed by atoms with Crippen molar-refractivity contribution in [3.8, 4) is 11.5 Å². The molecular weight excluding hydrogens is 713 g/mol. The number of hydrogen-bond donors (Lipinski definition) is 6. The third-order valence-corrected chi connectivity index (χ3v) is 10.3. The number of piperidine rings is 1. The van der Waals surface area contributed by atoms with Crippen LogP contribution in [0.15, 0.2) is 95.8 Å². The van der Waals surface area contributed by atoms with Gasteiger partial charge in [0.1, 0.15) is 17.6 Å². The minimum atomic E-state index is -2.03. The molecule has 0 radical (unpaired) electrons. The van der Waals surface area contributed by atoms with E-state index in [0.717, 1.165) is 36.1 Å². The Morgan fingerprint density at radius 2 is 1.77 bits per heavy atom. The van der Waals surface area contributed by atoms with E-state index in [4.69, 9.17) is 9.47 Å². The molecule has 3 atom stereocenters. The second-order valence-electron chi connectivity index (χ2n) is 14.5. The number of phenols is 1. The second-order valence-corrected chi connectivity index (χ2v) is 14.5. The van der Waals surface area contributed by atoms with Crippen molar-refractivity contribution in [1.82, 2.24) is 20.5 Å². The normalized spacial score (nSPS) is 16.2.